The lowest BCUT2D eigenvalue weighted by Crippen LogP contribution is -3.13. The van der Waals surface area contributed by atoms with E-state index in [-0.39, 0.29) is 0 Å². The Morgan fingerprint density at radius 1 is 1.00 bits per heavy atom. The Morgan fingerprint density at radius 2 is 1.72 bits per heavy atom. The van der Waals surface area contributed by atoms with Crippen molar-refractivity contribution in [3.63, 3.8) is 0 Å². The van der Waals surface area contributed by atoms with Gasteiger partial charge in [0.15, 0.2) is 0 Å². The van der Waals surface area contributed by atoms with Crippen LogP contribution in [0, 0.1) is 0 Å². The van der Waals surface area contributed by atoms with Gasteiger partial charge in [-0.05, 0) is 24.3 Å². The number of rotatable bonds is 4. The zero-order valence-corrected chi connectivity index (χ0v) is 14.8. The Balaban J connectivity index is 1.41. The van der Waals surface area contributed by atoms with Crippen LogP contribution in [0.5, 0.6) is 0 Å². The molecule has 2 heterocycles. The molecule has 0 spiro atoms. The first kappa shape index (κ1) is 16.2. The monoisotopic (exact) mass is 353 g/mol. The van der Waals surface area contributed by atoms with Crippen LogP contribution in [-0.2, 0) is 6.54 Å². The summed E-state index contributed by atoms with van der Waals surface area (Å²) in [6, 6.07) is 18.6. The van der Waals surface area contributed by atoms with Gasteiger partial charge in [0.25, 0.3) is 0 Å². The molecule has 1 aromatic heterocycles. The number of piperazine rings is 1. The Kier molecular flexibility index (Phi) is 4.72. The third-order valence-electron chi connectivity index (χ3n) is 4.88. The molecule has 0 unspecified atom stereocenters. The molecular formula is C20H22ClN4+. The van der Waals surface area contributed by atoms with Gasteiger partial charge >= 0.3 is 0 Å². The number of nitrogens with one attached hydrogen (secondary N) is 2. The maximum atomic E-state index is 6.00. The van der Waals surface area contributed by atoms with E-state index in [1.165, 1.54) is 11.3 Å². The van der Waals surface area contributed by atoms with Crippen molar-refractivity contribution in [2.45, 2.75) is 6.54 Å². The maximum Gasteiger partial charge on any atom is 0.107 e. The van der Waals surface area contributed by atoms with E-state index in [0.29, 0.717) is 0 Å². The highest BCUT2D eigenvalue weighted by Gasteiger charge is 2.22. The van der Waals surface area contributed by atoms with Gasteiger partial charge in [-0.15, -0.1) is 0 Å². The Hall–Kier alpha value is -2.30. The SMILES string of the molecule is Clc1ccc(-c2[nH]ncc2C[NH+]2CCN(c3ccccc3)CC2)cc1. The van der Waals surface area contributed by atoms with E-state index in [0.717, 1.165) is 49.0 Å². The van der Waals surface area contributed by atoms with Crippen molar-refractivity contribution in [1.82, 2.24) is 10.2 Å². The second kappa shape index (κ2) is 7.30. The normalized spacial score (nSPS) is 15.5. The number of para-hydroxylation sites is 1. The minimum absolute atomic E-state index is 0.757. The molecule has 1 fully saturated rings. The summed E-state index contributed by atoms with van der Waals surface area (Å²) in [6.45, 7) is 5.46. The fourth-order valence-corrected chi connectivity index (χ4v) is 3.60. The number of aromatic nitrogens is 2. The molecule has 25 heavy (non-hydrogen) atoms. The maximum absolute atomic E-state index is 6.00. The van der Waals surface area contributed by atoms with Gasteiger partial charge in [-0.25, -0.2) is 0 Å². The largest absolute Gasteiger partial charge is 0.360 e. The van der Waals surface area contributed by atoms with Gasteiger partial charge in [-0.3, -0.25) is 5.10 Å². The van der Waals surface area contributed by atoms with Gasteiger partial charge in [-0.1, -0.05) is 41.9 Å². The summed E-state index contributed by atoms with van der Waals surface area (Å²) in [5.74, 6) is 0. The first-order valence-electron chi connectivity index (χ1n) is 8.71. The predicted molar refractivity (Wildman–Crippen MR) is 102 cm³/mol. The van der Waals surface area contributed by atoms with Crippen molar-refractivity contribution in [2.75, 3.05) is 31.1 Å². The van der Waals surface area contributed by atoms with Crippen LogP contribution in [0.3, 0.4) is 0 Å². The van der Waals surface area contributed by atoms with Crippen molar-refractivity contribution < 1.29 is 4.90 Å². The van der Waals surface area contributed by atoms with E-state index in [1.807, 2.05) is 30.5 Å². The van der Waals surface area contributed by atoms with Crippen LogP contribution in [-0.4, -0.2) is 36.4 Å². The van der Waals surface area contributed by atoms with Crippen molar-refractivity contribution in [3.05, 3.63) is 71.4 Å². The number of aromatic amines is 1. The molecule has 1 aliphatic rings. The molecule has 4 nitrogen and oxygen atoms in total. The molecule has 1 aliphatic heterocycles. The molecule has 0 bridgehead atoms. The van der Waals surface area contributed by atoms with Crippen LogP contribution in [0.1, 0.15) is 5.56 Å². The first-order valence-corrected chi connectivity index (χ1v) is 9.09. The fraction of sp³-hybridized carbons (Fsp3) is 0.250. The van der Waals surface area contributed by atoms with Crippen molar-refractivity contribution in [2.24, 2.45) is 0 Å². The zero-order valence-electron chi connectivity index (χ0n) is 14.1. The molecule has 128 valence electrons. The van der Waals surface area contributed by atoms with Crippen LogP contribution in [0.25, 0.3) is 11.3 Å². The average Bonchev–Trinajstić information content (AvgIpc) is 3.12. The molecule has 5 heteroatoms. The fourth-order valence-electron chi connectivity index (χ4n) is 3.48. The number of anilines is 1. The molecule has 0 saturated carbocycles. The Morgan fingerprint density at radius 3 is 2.44 bits per heavy atom. The quantitative estimate of drug-likeness (QED) is 0.756. The lowest BCUT2D eigenvalue weighted by molar-refractivity contribution is -0.914. The summed E-state index contributed by atoms with van der Waals surface area (Å²) in [4.78, 5) is 4.07. The molecule has 0 amide bonds. The standard InChI is InChI=1S/C20H21ClN4/c21-18-8-6-16(7-9-18)20-17(14-22-23-20)15-24-10-12-25(13-11-24)19-4-2-1-3-5-19/h1-9,14H,10-13,15H2,(H,22,23)/p+1. The van der Waals surface area contributed by atoms with Crippen molar-refractivity contribution in [3.8, 4) is 11.3 Å². The van der Waals surface area contributed by atoms with E-state index in [4.69, 9.17) is 11.6 Å². The highest BCUT2D eigenvalue weighted by Crippen LogP contribution is 2.22. The van der Waals surface area contributed by atoms with Crippen LogP contribution < -0.4 is 9.80 Å². The summed E-state index contributed by atoms with van der Waals surface area (Å²) >= 11 is 6.00. The van der Waals surface area contributed by atoms with Crippen LogP contribution >= 0.6 is 11.6 Å². The molecule has 2 N–H and O–H groups in total. The molecule has 0 atom stereocenters. The van der Waals surface area contributed by atoms with E-state index in [2.05, 4.69) is 45.4 Å². The van der Waals surface area contributed by atoms with E-state index >= 15 is 0 Å². The lowest BCUT2D eigenvalue weighted by Gasteiger charge is -2.33. The number of nitrogens with zero attached hydrogens (tertiary/aromatic N) is 2. The minimum atomic E-state index is 0.757. The van der Waals surface area contributed by atoms with E-state index < -0.39 is 0 Å². The summed E-state index contributed by atoms with van der Waals surface area (Å²) in [5.41, 5.74) is 4.84. The van der Waals surface area contributed by atoms with Gasteiger partial charge in [0.05, 0.1) is 43.6 Å². The van der Waals surface area contributed by atoms with Gasteiger partial charge in [0.1, 0.15) is 6.54 Å². The van der Waals surface area contributed by atoms with Gasteiger partial charge in [0.2, 0.25) is 0 Å². The van der Waals surface area contributed by atoms with Crippen LogP contribution in [0.4, 0.5) is 5.69 Å². The van der Waals surface area contributed by atoms with E-state index in [1.54, 1.807) is 4.90 Å². The number of hydrogen-bond donors (Lipinski definition) is 2. The van der Waals surface area contributed by atoms with Crippen LogP contribution in [0.2, 0.25) is 5.02 Å². The zero-order chi connectivity index (χ0) is 17.1. The molecule has 3 aromatic rings. The number of H-pyrrole nitrogens is 1. The number of benzene rings is 2. The molecule has 4 rings (SSSR count). The molecule has 0 aliphatic carbocycles. The van der Waals surface area contributed by atoms with E-state index in [9.17, 15) is 0 Å². The second-order valence-corrected chi connectivity index (χ2v) is 6.96. The number of halogens is 1. The molecule has 2 aromatic carbocycles. The highest BCUT2D eigenvalue weighted by atomic mass is 35.5. The second-order valence-electron chi connectivity index (χ2n) is 6.53. The lowest BCUT2D eigenvalue weighted by atomic mass is 10.1. The molecule has 1 saturated heterocycles. The third kappa shape index (κ3) is 3.70. The number of quaternary nitrogens is 1. The summed E-state index contributed by atoms with van der Waals surface area (Å²) in [6.07, 6.45) is 1.96. The average molecular weight is 354 g/mol. The van der Waals surface area contributed by atoms with Gasteiger partial charge < -0.3 is 9.80 Å². The molecular weight excluding hydrogens is 332 g/mol. The van der Waals surface area contributed by atoms with Crippen molar-refractivity contribution >= 4 is 17.3 Å². The predicted octanol–water partition coefficient (Wildman–Crippen LogP) is 2.64. The van der Waals surface area contributed by atoms with Gasteiger partial charge in [0, 0.05) is 16.3 Å². The summed E-state index contributed by atoms with van der Waals surface area (Å²) in [7, 11) is 0. The molecule has 0 radical (unpaired) electrons. The van der Waals surface area contributed by atoms with Gasteiger partial charge in [-0.2, -0.15) is 5.10 Å². The summed E-state index contributed by atoms with van der Waals surface area (Å²) in [5, 5.41) is 8.17. The highest BCUT2D eigenvalue weighted by molar-refractivity contribution is 6.30. The van der Waals surface area contributed by atoms with Crippen molar-refractivity contribution in [1.29, 1.82) is 0 Å². The Bertz CT molecular complexity index is 805. The smallest absolute Gasteiger partial charge is 0.107 e. The Labute approximate surface area is 153 Å². The topological polar surface area (TPSA) is 36.4 Å². The van der Waals surface area contributed by atoms with Crippen LogP contribution in [0.15, 0.2) is 60.8 Å². The summed E-state index contributed by atoms with van der Waals surface area (Å²) < 4.78 is 0. The minimum Gasteiger partial charge on any atom is -0.360 e. The number of hydrogen-bond acceptors (Lipinski definition) is 2. The third-order valence-corrected chi connectivity index (χ3v) is 5.14. The first-order chi connectivity index (χ1) is 12.3.